The van der Waals surface area contributed by atoms with Gasteiger partial charge < -0.3 is 20.7 Å². The lowest BCUT2D eigenvalue weighted by Gasteiger charge is -2.46. The van der Waals surface area contributed by atoms with E-state index in [1.165, 1.54) is 0 Å². The lowest BCUT2D eigenvalue weighted by Crippen LogP contribution is -2.51. The fourth-order valence-electron chi connectivity index (χ4n) is 6.77. The highest BCUT2D eigenvalue weighted by Gasteiger charge is 2.43. The van der Waals surface area contributed by atoms with Gasteiger partial charge in [0.25, 0.3) is 0 Å². The first-order valence-corrected chi connectivity index (χ1v) is 20.5. The second-order valence-electron chi connectivity index (χ2n) is 17.9. The molecule has 2 fully saturated rings. The van der Waals surface area contributed by atoms with E-state index in [0.29, 0.717) is 45.4 Å². The molecule has 2 aliphatic heterocycles. The molecule has 2 heterocycles. The fraction of sp³-hybridized carbons (Fsp3) is 0.810. The summed E-state index contributed by atoms with van der Waals surface area (Å²) in [7, 11) is 0. The van der Waals surface area contributed by atoms with E-state index in [9.17, 15) is 38.4 Å². The van der Waals surface area contributed by atoms with E-state index in [-0.39, 0.29) is 103 Å². The van der Waals surface area contributed by atoms with Crippen molar-refractivity contribution in [2.75, 3.05) is 32.8 Å². The molecule has 320 valence electrons. The van der Waals surface area contributed by atoms with E-state index in [4.69, 9.17) is 4.74 Å². The second-order valence-corrected chi connectivity index (χ2v) is 17.9. The Labute approximate surface area is 335 Å². The number of ether oxygens (including phenoxy) is 1. The number of carbonyl (C=O) groups excluding carboxylic acids is 8. The maximum atomic E-state index is 13.6. The van der Waals surface area contributed by atoms with E-state index in [1.807, 2.05) is 41.5 Å². The van der Waals surface area contributed by atoms with Gasteiger partial charge in [-0.15, -0.1) is 0 Å². The van der Waals surface area contributed by atoms with Crippen LogP contribution in [0.5, 0.6) is 0 Å². The Morgan fingerprint density at radius 1 is 0.768 bits per heavy atom. The van der Waals surface area contributed by atoms with Crippen molar-refractivity contribution < 1.29 is 43.1 Å². The van der Waals surface area contributed by atoms with Crippen molar-refractivity contribution in [2.24, 2.45) is 28.1 Å². The fourth-order valence-corrected chi connectivity index (χ4v) is 6.77. The first kappa shape index (κ1) is 50.3. The van der Waals surface area contributed by atoms with Gasteiger partial charge >= 0.3 is 0 Å². The third kappa shape index (κ3) is 15.3. The minimum Gasteiger partial charge on any atom is -0.375 e. The van der Waals surface area contributed by atoms with Crippen LogP contribution in [-0.4, -0.2) is 101 Å². The van der Waals surface area contributed by atoms with Gasteiger partial charge in [-0.25, -0.2) is 0 Å². The Morgan fingerprint density at radius 2 is 1.27 bits per heavy atom. The first-order chi connectivity index (χ1) is 25.8. The zero-order valence-corrected chi connectivity index (χ0v) is 36.7. The SMILES string of the molecule is CC.CC(=O)C(C)(C)CCOC(C)(C)C(C)(C)CC(C)(C)CNC(=O)C(CCCCNC(=O)CCN1C(=O)CC(C)C1=O)NC(=O)CCN1C(=O)CC(C)C1=O. The number of hydrogen-bond acceptors (Lipinski definition) is 9. The van der Waals surface area contributed by atoms with Crippen LogP contribution in [0.4, 0.5) is 0 Å². The number of nitrogens with one attached hydrogen (secondary N) is 3. The lowest BCUT2D eigenvalue weighted by molar-refractivity contribution is -0.141. The van der Waals surface area contributed by atoms with Crippen LogP contribution >= 0.6 is 0 Å². The number of nitrogens with zero attached hydrogens (tertiary/aromatic N) is 2. The van der Waals surface area contributed by atoms with Crippen LogP contribution in [0.15, 0.2) is 0 Å². The Morgan fingerprint density at radius 3 is 1.73 bits per heavy atom. The van der Waals surface area contributed by atoms with Crippen molar-refractivity contribution in [3.63, 3.8) is 0 Å². The van der Waals surface area contributed by atoms with Gasteiger partial charge in [0.15, 0.2) is 0 Å². The molecule has 0 aromatic heterocycles. The Balaban J connectivity index is 0.00000771. The molecule has 0 aromatic rings. The van der Waals surface area contributed by atoms with Crippen molar-refractivity contribution >= 4 is 47.1 Å². The Bertz CT molecular complexity index is 1420. The summed E-state index contributed by atoms with van der Waals surface area (Å²) in [6, 6.07) is -0.889. The summed E-state index contributed by atoms with van der Waals surface area (Å²) >= 11 is 0. The lowest BCUT2D eigenvalue weighted by atomic mass is 9.67. The van der Waals surface area contributed by atoms with Crippen molar-refractivity contribution in [3.8, 4) is 0 Å². The summed E-state index contributed by atoms with van der Waals surface area (Å²) in [6.45, 7) is 26.3. The zero-order valence-electron chi connectivity index (χ0n) is 36.7. The molecule has 0 aliphatic carbocycles. The number of unbranched alkanes of at least 4 members (excludes halogenated alkanes) is 1. The molecular formula is C42H73N5O9. The van der Waals surface area contributed by atoms with Gasteiger partial charge in [-0.2, -0.15) is 0 Å². The van der Waals surface area contributed by atoms with Gasteiger partial charge in [-0.05, 0) is 63.7 Å². The summed E-state index contributed by atoms with van der Waals surface area (Å²) in [6.07, 6.45) is 2.71. The van der Waals surface area contributed by atoms with Crippen LogP contribution in [0.1, 0.15) is 148 Å². The molecule has 14 nitrogen and oxygen atoms in total. The van der Waals surface area contributed by atoms with E-state index < -0.39 is 28.9 Å². The van der Waals surface area contributed by atoms with Crippen molar-refractivity contribution in [3.05, 3.63) is 0 Å². The van der Waals surface area contributed by atoms with E-state index in [0.717, 1.165) is 9.80 Å². The van der Waals surface area contributed by atoms with Crippen LogP contribution < -0.4 is 16.0 Å². The number of imide groups is 2. The number of Topliss-reactive ketones (excluding diaryl/α,β-unsaturated/α-hetero) is 1. The maximum Gasteiger partial charge on any atom is 0.242 e. The highest BCUT2D eigenvalue weighted by Crippen LogP contribution is 2.43. The zero-order chi connectivity index (χ0) is 43.2. The topological polar surface area (TPSA) is 188 Å². The van der Waals surface area contributed by atoms with E-state index >= 15 is 0 Å². The molecule has 0 spiro atoms. The van der Waals surface area contributed by atoms with Crippen molar-refractivity contribution in [2.45, 2.75) is 159 Å². The average molecular weight is 792 g/mol. The average Bonchev–Trinajstić information content (AvgIpc) is 3.49. The summed E-state index contributed by atoms with van der Waals surface area (Å²) in [5, 5.41) is 8.61. The minimum atomic E-state index is -0.889. The molecule has 2 aliphatic rings. The molecule has 7 amide bonds. The molecule has 0 saturated carbocycles. The standard InChI is InChI=1S/C40H67N5O9.C2H6/c1-26-22-32(49)44(35(26)52)19-15-30(47)41-18-13-12-14-29(43-31(48)16-20-45-33(50)23-27(2)36(45)53)34(51)42-25-37(4,5)24-39(8,9)40(10,11)54-21-17-38(6,7)28(3)46;1-2/h26-27,29H,12-25H2,1-11H3,(H,41,47)(H,42,51)(H,43,48);1-2H3. The van der Waals surface area contributed by atoms with Gasteiger partial charge in [0.1, 0.15) is 11.8 Å². The number of amides is 7. The second kappa shape index (κ2) is 21.7. The van der Waals surface area contributed by atoms with Crippen LogP contribution in [0, 0.1) is 28.1 Å². The number of ketones is 1. The molecule has 3 N–H and O–H groups in total. The number of carbonyl (C=O) groups is 8. The van der Waals surface area contributed by atoms with Gasteiger partial charge in [0.05, 0.1) is 5.60 Å². The van der Waals surface area contributed by atoms with Crippen LogP contribution in [0.3, 0.4) is 0 Å². The molecule has 3 atom stereocenters. The van der Waals surface area contributed by atoms with Gasteiger partial charge in [0.2, 0.25) is 41.4 Å². The molecule has 14 heteroatoms. The molecule has 56 heavy (non-hydrogen) atoms. The third-order valence-electron chi connectivity index (χ3n) is 11.4. The van der Waals surface area contributed by atoms with Gasteiger partial charge in [0, 0.05) is 75.7 Å². The number of rotatable bonds is 23. The largest absolute Gasteiger partial charge is 0.375 e. The van der Waals surface area contributed by atoms with E-state index in [1.54, 1.807) is 20.8 Å². The summed E-state index contributed by atoms with van der Waals surface area (Å²) in [5.74, 6) is -2.95. The Kier molecular flexibility index (Phi) is 19.5. The predicted octanol–water partition coefficient (Wildman–Crippen LogP) is 4.71. The third-order valence-corrected chi connectivity index (χ3v) is 11.4. The minimum absolute atomic E-state index is 0.0000319. The van der Waals surface area contributed by atoms with E-state index in [2.05, 4.69) is 43.6 Å². The maximum absolute atomic E-state index is 13.6. The Hall–Kier alpha value is -3.68. The molecule has 3 unspecified atom stereocenters. The summed E-state index contributed by atoms with van der Waals surface area (Å²) in [4.78, 5) is 102. The van der Waals surface area contributed by atoms with Gasteiger partial charge in [-0.1, -0.05) is 69.2 Å². The monoisotopic (exact) mass is 792 g/mol. The molecule has 2 rings (SSSR count). The van der Waals surface area contributed by atoms with Crippen LogP contribution in [0.25, 0.3) is 0 Å². The molecular weight excluding hydrogens is 718 g/mol. The quantitative estimate of drug-likeness (QED) is 0.0973. The highest BCUT2D eigenvalue weighted by molar-refractivity contribution is 6.04. The molecule has 2 saturated heterocycles. The normalized spacial score (nSPS) is 18.4. The smallest absolute Gasteiger partial charge is 0.242 e. The molecule has 0 radical (unpaired) electrons. The number of likely N-dealkylation sites (tertiary alicyclic amines) is 2. The number of hydrogen-bond donors (Lipinski definition) is 3. The van der Waals surface area contributed by atoms with Crippen molar-refractivity contribution in [1.29, 1.82) is 0 Å². The molecule has 0 bridgehead atoms. The predicted molar refractivity (Wildman–Crippen MR) is 215 cm³/mol. The highest BCUT2D eigenvalue weighted by atomic mass is 16.5. The van der Waals surface area contributed by atoms with Crippen molar-refractivity contribution in [1.82, 2.24) is 25.8 Å². The summed E-state index contributed by atoms with van der Waals surface area (Å²) in [5.41, 5.74) is -1.69. The van der Waals surface area contributed by atoms with Crippen LogP contribution in [0.2, 0.25) is 0 Å². The van der Waals surface area contributed by atoms with Crippen LogP contribution in [-0.2, 0) is 43.1 Å². The summed E-state index contributed by atoms with van der Waals surface area (Å²) < 4.78 is 6.35. The first-order valence-electron chi connectivity index (χ1n) is 20.5. The van der Waals surface area contributed by atoms with Gasteiger partial charge in [-0.3, -0.25) is 48.2 Å². The molecule has 0 aromatic carbocycles.